The summed E-state index contributed by atoms with van der Waals surface area (Å²) in [6.45, 7) is 8.04. The van der Waals surface area contributed by atoms with Crippen LogP contribution in [-0.2, 0) is 9.84 Å². The lowest BCUT2D eigenvalue weighted by atomic mass is 9.61. The molecule has 120 valence electrons. The highest BCUT2D eigenvalue weighted by molar-refractivity contribution is 7.90. The van der Waals surface area contributed by atoms with Gasteiger partial charge in [0.05, 0.1) is 0 Å². The monoisotopic (exact) mass is 315 g/mol. The third-order valence-electron chi connectivity index (χ3n) is 5.26. The Bertz CT molecular complexity index is 609. The van der Waals surface area contributed by atoms with Crippen LogP contribution < -0.4 is 5.73 Å². The highest BCUT2D eigenvalue weighted by Gasteiger charge is 2.45. The fraction of sp³-hybridized carbons (Fsp3) is 0.857. The van der Waals surface area contributed by atoms with Gasteiger partial charge in [0.2, 0.25) is 5.89 Å². The van der Waals surface area contributed by atoms with Crippen LogP contribution in [0.4, 0.5) is 0 Å². The van der Waals surface area contributed by atoms with E-state index in [2.05, 4.69) is 30.9 Å². The summed E-state index contributed by atoms with van der Waals surface area (Å²) in [5, 5.41) is 3.12. The first kappa shape index (κ1) is 16.4. The minimum Gasteiger partial charge on any atom is -0.339 e. The number of sulfone groups is 1. The maximum Gasteiger partial charge on any atom is 0.230 e. The number of nitrogens with zero attached hydrogens (tertiary/aromatic N) is 2. The Balaban J connectivity index is 2.30. The molecule has 4 atom stereocenters. The van der Waals surface area contributed by atoms with E-state index in [0.29, 0.717) is 11.8 Å². The molecule has 7 heteroatoms. The van der Waals surface area contributed by atoms with E-state index >= 15 is 0 Å². The second kappa shape index (κ2) is 5.35. The molecule has 4 unspecified atom stereocenters. The summed E-state index contributed by atoms with van der Waals surface area (Å²) < 4.78 is 28.6. The van der Waals surface area contributed by atoms with Gasteiger partial charge < -0.3 is 10.3 Å². The Hall–Kier alpha value is -0.950. The smallest absolute Gasteiger partial charge is 0.230 e. The van der Waals surface area contributed by atoms with Crippen molar-refractivity contribution in [1.82, 2.24) is 10.1 Å². The summed E-state index contributed by atoms with van der Waals surface area (Å²) in [5.74, 6) is 1.22. The molecule has 1 saturated carbocycles. The van der Waals surface area contributed by atoms with Gasteiger partial charge in [-0.3, -0.25) is 0 Å². The summed E-state index contributed by atoms with van der Waals surface area (Å²) >= 11 is 0. The van der Waals surface area contributed by atoms with Gasteiger partial charge in [-0.1, -0.05) is 25.9 Å². The van der Waals surface area contributed by atoms with Crippen molar-refractivity contribution in [1.29, 1.82) is 0 Å². The fourth-order valence-corrected chi connectivity index (χ4v) is 3.52. The van der Waals surface area contributed by atoms with Crippen LogP contribution >= 0.6 is 0 Å². The minimum atomic E-state index is -3.23. The van der Waals surface area contributed by atoms with Crippen molar-refractivity contribution in [2.45, 2.75) is 57.7 Å². The molecule has 1 heterocycles. The van der Waals surface area contributed by atoms with E-state index in [1.165, 1.54) is 6.26 Å². The normalized spacial score (nSPS) is 31.0. The second-order valence-electron chi connectivity index (χ2n) is 6.87. The third kappa shape index (κ3) is 2.99. The lowest BCUT2D eigenvalue weighted by molar-refractivity contribution is 0.0806. The zero-order valence-corrected chi connectivity index (χ0v) is 14.1. The lowest BCUT2D eigenvalue weighted by Gasteiger charge is -2.45. The second-order valence-corrected chi connectivity index (χ2v) is 9.23. The third-order valence-corrected chi connectivity index (χ3v) is 6.76. The molecule has 0 aromatic carbocycles. The van der Waals surface area contributed by atoms with Crippen LogP contribution in [0.3, 0.4) is 0 Å². The van der Waals surface area contributed by atoms with Gasteiger partial charge in [0.15, 0.2) is 15.7 Å². The number of hydrogen-bond acceptors (Lipinski definition) is 6. The van der Waals surface area contributed by atoms with Gasteiger partial charge in [-0.2, -0.15) is 4.98 Å². The van der Waals surface area contributed by atoms with Crippen LogP contribution in [0.2, 0.25) is 0 Å². The van der Waals surface area contributed by atoms with Crippen LogP contribution in [0.1, 0.15) is 63.4 Å². The molecule has 0 radical (unpaired) electrons. The van der Waals surface area contributed by atoms with E-state index in [9.17, 15) is 8.42 Å². The highest BCUT2D eigenvalue weighted by Crippen LogP contribution is 2.49. The molecule has 0 amide bonds. The lowest BCUT2D eigenvalue weighted by Crippen LogP contribution is -2.45. The van der Waals surface area contributed by atoms with Gasteiger partial charge in [0.1, 0.15) is 5.25 Å². The molecule has 1 fully saturated rings. The van der Waals surface area contributed by atoms with E-state index in [1.807, 2.05) is 0 Å². The Kier molecular flexibility index (Phi) is 4.19. The van der Waals surface area contributed by atoms with Crippen LogP contribution in [0.25, 0.3) is 0 Å². The van der Waals surface area contributed by atoms with Crippen molar-refractivity contribution in [2.24, 2.45) is 17.1 Å². The van der Waals surface area contributed by atoms with E-state index in [0.717, 1.165) is 12.8 Å². The SMILES string of the molecule is CC1C(N)CCC(c2nc(C(C)S(C)(=O)=O)no2)C1(C)C. The van der Waals surface area contributed by atoms with E-state index in [4.69, 9.17) is 10.3 Å². The Morgan fingerprint density at radius 3 is 2.57 bits per heavy atom. The van der Waals surface area contributed by atoms with E-state index in [1.54, 1.807) is 6.92 Å². The van der Waals surface area contributed by atoms with Crippen molar-refractivity contribution in [3.05, 3.63) is 11.7 Å². The molecular weight excluding hydrogens is 290 g/mol. The van der Waals surface area contributed by atoms with Crippen LogP contribution in [0.15, 0.2) is 4.52 Å². The summed E-state index contributed by atoms with van der Waals surface area (Å²) in [4.78, 5) is 4.36. The summed E-state index contributed by atoms with van der Waals surface area (Å²) in [6.07, 6.45) is 2.97. The average molecular weight is 315 g/mol. The van der Waals surface area contributed by atoms with Crippen molar-refractivity contribution in [3.8, 4) is 0 Å². The number of rotatable bonds is 3. The number of aromatic nitrogens is 2. The standard InChI is InChI=1S/C14H25N3O3S/c1-8-11(15)7-6-10(14(8,3)4)13-16-12(17-20-13)9(2)21(5,18)19/h8-11H,6-7,15H2,1-5H3. The van der Waals surface area contributed by atoms with Gasteiger partial charge in [0, 0.05) is 18.2 Å². The molecule has 0 aliphatic heterocycles. The molecule has 1 aliphatic carbocycles. The van der Waals surface area contributed by atoms with Crippen LogP contribution in [0.5, 0.6) is 0 Å². The molecule has 0 saturated heterocycles. The summed E-state index contributed by atoms with van der Waals surface area (Å²) in [6, 6.07) is 0.175. The number of nitrogens with two attached hydrogens (primary N) is 1. The molecule has 6 nitrogen and oxygen atoms in total. The molecule has 2 N–H and O–H groups in total. The van der Waals surface area contributed by atoms with Crippen LogP contribution in [0, 0.1) is 11.3 Å². The Labute approximate surface area is 126 Å². The largest absolute Gasteiger partial charge is 0.339 e. The Morgan fingerprint density at radius 1 is 1.38 bits per heavy atom. The average Bonchev–Trinajstić information content (AvgIpc) is 2.83. The van der Waals surface area contributed by atoms with Gasteiger partial charge in [0.25, 0.3) is 0 Å². The van der Waals surface area contributed by atoms with Crippen molar-refractivity contribution in [2.75, 3.05) is 6.26 Å². The van der Waals surface area contributed by atoms with Gasteiger partial charge in [-0.25, -0.2) is 8.42 Å². The van der Waals surface area contributed by atoms with Gasteiger partial charge in [-0.05, 0) is 31.1 Å². The molecule has 2 rings (SSSR count). The summed E-state index contributed by atoms with van der Waals surface area (Å²) in [5.41, 5.74) is 6.10. The molecular formula is C14H25N3O3S. The fourth-order valence-electron chi connectivity index (χ4n) is 3.04. The Morgan fingerprint density at radius 2 is 2.00 bits per heavy atom. The zero-order valence-electron chi connectivity index (χ0n) is 13.3. The predicted octanol–water partition coefficient (Wildman–Crippen LogP) is 2.04. The molecule has 21 heavy (non-hydrogen) atoms. The van der Waals surface area contributed by atoms with E-state index in [-0.39, 0.29) is 23.2 Å². The zero-order chi connectivity index (χ0) is 16.0. The minimum absolute atomic E-state index is 0.0597. The number of hydrogen-bond donors (Lipinski definition) is 1. The topological polar surface area (TPSA) is 99.1 Å². The van der Waals surface area contributed by atoms with E-state index < -0.39 is 15.1 Å². The predicted molar refractivity (Wildman–Crippen MR) is 80.5 cm³/mol. The first-order chi connectivity index (χ1) is 9.55. The summed E-state index contributed by atoms with van der Waals surface area (Å²) in [7, 11) is -3.23. The quantitative estimate of drug-likeness (QED) is 0.916. The van der Waals surface area contributed by atoms with Crippen molar-refractivity contribution < 1.29 is 12.9 Å². The van der Waals surface area contributed by atoms with Crippen LogP contribution in [-0.4, -0.2) is 30.9 Å². The van der Waals surface area contributed by atoms with Gasteiger partial charge >= 0.3 is 0 Å². The molecule has 1 aliphatic rings. The van der Waals surface area contributed by atoms with Crippen molar-refractivity contribution >= 4 is 9.84 Å². The van der Waals surface area contributed by atoms with Gasteiger partial charge in [-0.15, -0.1) is 0 Å². The first-order valence-corrected chi connectivity index (χ1v) is 9.28. The molecule has 1 aromatic rings. The molecule has 0 bridgehead atoms. The maximum absolute atomic E-state index is 11.6. The van der Waals surface area contributed by atoms with Crippen molar-refractivity contribution in [3.63, 3.8) is 0 Å². The highest BCUT2D eigenvalue weighted by atomic mass is 32.2. The first-order valence-electron chi connectivity index (χ1n) is 7.33. The molecule has 0 spiro atoms. The maximum atomic E-state index is 11.6. The molecule has 1 aromatic heterocycles.